The Hall–Kier alpha value is -2.88. The molecular weight excluding hydrogens is 361 g/mol. The second-order valence-electron chi connectivity index (χ2n) is 4.87. The fourth-order valence-electron chi connectivity index (χ4n) is 1.95. The summed E-state index contributed by atoms with van der Waals surface area (Å²) in [5.74, 6) is -4.76. The maximum absolute atomic E-state index is 13.6. The van der Waals surface area contributed by atoms with E-state index in [4.69, 9.17) is 8.71 Å². The highest BCUT2D eigenvalue weighted by atomic mass is 32.2. The molecule has 6 nitrogen and oxygen atoms in total. The summed E-state index contributed by atoms with van der Waals surface area (Å²) < 4.78 is 73.4. The quantitative estimate of drug-likeness (QED) is 0.518. The molecular formula is C15H9F3N2O4S. The zero-order valence-electron chi connectivity index (χ0n) is 12.5. The minimum Gasteiger partial charge on any atom is -0.379 e. The molecule has 25 heavy (non-hydrogen) atoms. The van der Waals surface area contributed by atoms with Gasteiger partial charge in [0.2, 0.25) is 11.7 Å². The van der Waals surface area contributed by atoms with E-state index >= 15 is 0 Å². The molecule has 2 aromatic carbocycles. The Morgan fingerprint density at radius 2 is 1.68 bits per heavy atom. The van der Waals surface area contributed by atoms with Crippen molar-refractivity contribution in [3.05, 3.63) is 59.7 Å². The van der Waals surface area contributed by atoms with Gasteiger partial charge in [-0.25, -0.2) is 13.2 Å². The molecule has 0 unspecified atom stereocenters. The van der Waals surface area contributed by atoms with Crippen molar-refractivity contribution in [1.82, 2.24) is 10.1 Å². The number of hydrogen-bond donors (Lipinski definition) is 0. The van der Waals surface area contributed by atoms with Gasteiger partial charge in [0.25, 0.3) is 0 Å². The van der Waals surface area contributed by atoms with Gasteiger partial charge in [-0.2, -0.15) is 13.4 Å². The number of aromatic nitrogens is 2. The Bertz CT molecular complexity index is 1030. The maximum Gasteiger partial charge on any atom is 0.342 e. The molecule has 0 aliphatic carbocycles. The summed E-state index contributed by atoms with van der Waals surface area (Å²) in [5, 5.41) is 3.70. The van der Waals surface area contributed by atoms with Crippen LogP contribution in [0.3, 0.4) is 0 Å². The SMILES string of the molecule is Cc1nc(-c2ccc(OS(=O)(=O)c3ccc(F)c(F)c3F)cc2)no1. The summed E-state index contributed by atoms with van der Waals surface area (Å²) >= 11 is 0. The Morgan fingerprint density at radius 3 is 2.28 bits per heavy atom. The molecule has 0 aliphatic rings. The Balaban J connectivity index is 1.88. The Kier molecular flexibility index (Phi) is 4.21. The van der Waals surface area contributed by atoms with Crippen LogP contribution in [0.25, 0.3) is 11.4 Å². The van der Waals surface area contributed by atoms with Crippen LogP contribution < -0.4 is 4.18 Å². The molecule has 0 fully saturated rings. The molecule has 1 heterocycles. The molecule has 3 rings (SSSR count). The molecule has 0 saturated heterocycles. The van der Waals surface area contributed by atoms with Gasteiger partial charge in [-0.05, 0) is 36.4 Å². The maximum atomic E-state index is 13.6. The van der Waals surface area contributed by atoms with E-state index in [1.165, 1.54) is 24.3 Å². The third-order valence-electron chi connectivity index (χ3n) is 3.12. The van der Waals surface area contributed by atoms with Gasteiger partial charge in [0, 0.05) is 12.5 Å². The second-order valence-corrected chi connectivity index (χ2v) is 6.39. The minimum atomic E-state index is -4.69. The standard InChI is InChI=1S/C15H9F3N2O4S/c1-8-19-15(20-23-8)9-2-4-10(5-3-9)24-25(21,22)12-7-6-11(16)13(17)14(12)18/h2-7H,1H3. The van der Waals surface area contributed by atoms with E-state index in [-0.39, 0.29) is 5.75 Å². The van der Waals surface area contributed by atoms with Gasteiger partial charge < -0.3 is 8.71 Å². The molecule has 130 valence electrons. The van der Waals surface area contributed by atoms with Gasteiger partial charge in [0.1, 0.15) is 10.6 Å². The molecule has 0 saturated carbocycles. The molecule has 0 bridgehead atoms. The van der Waals surface area contributed by atoms with Crippen LogP contribution in [0.5, 0.6) is 5.75 Å². The van der Waals surface area contributed by atoms with Crippen molar-refractivity contribution in [1.29, 1.82) is 0 Å². The first kappa shape index (κ1) is 17.0. The van der Waals surface area contributed by atoms with Crippen molar-refractivity contribution in [2.75, 3.05) is 0 Å². The lowest BCUT2D eigenvalue weighted by molar-refractivity contribution is 0.394. The van der Waals surface area contributed by atoms with E-state index in [0.717, 1.165) is 0 Å². The first-order chi connectivity index (χ1) is 11.8. The lowest BCUT2D eigenvalue weighted by Crippen LogP contribution is -2.13. The highest BCUT2D eigenvalue weighted by Crippen LogP contribution is 2.25. The summed E-state index contributed by atoms with van der Waals surface area (Å²) in [7, 11) is -4.69. The summed E-state index contributed by atoms with van der Waals surface area (Å²) in [5.41, 5.74) is 0.528. The third-order valence-corrected chi connectivity index (χ3v) is 4.38. The fraction of sp³-hybridized carbons (Fsp3) is 0.0667. The van der Waals surface area contributed by atoms with Crippen LogP contribution in [0.15, 0.2) is 45.8 Å². The number of rotatable bonds is 4. The molecule has 1 aromatic heterocycles. The molecule has 3 aromatic rings. The topological polar surface area (TPSA) is 82.3 Å². The van der Waals surface area contributed by atoms with Crippen molar-refractivity contribution >= 4 is 10.1 Å². The van der Waals surface area contributed by atoms with Crippen molar-refractivity contribution in [2.24, 2.45) is 0 Å². The predicted molar refractivity (Wildman–Crippen MR) is 78.6 cm³/mol. The molecule has 0 radical (unpaired) electrons. The largest absolute Gasteiger partial charge is 0.379 e. The zero-order valence-corrected chi connectivity index (χ0v) is 13.4. The molecule has 0 spiro atoms. The lowest BCUT2D eigenvalue weighted by atomic mass is 10.2. The Morgan fingerprint density at radius 1 is 1.00 bits per heavy atom. The number of aryl methyl sites for hydroxylation is 1. The second kappa shape index (κ2) is 6.20. The smallest absolute Gasteiger partial charge is 0.342 e. The van der Waals surface area contributed by atoms with Crippen LogP contribution in [0, 0.1) is 24.4 Å². The molecule has 0 atom stereocenters. The van der Waals surface area contributed by atoms with Gasteiger partial charge in [-0.3, -0.25) is 0 Å². The Labute approximate surface area is 140 Å². The first-order valence-electron chi connectivity index (χ1n) is 6.76. The van der Waals surface area contributed by atoms with Gasteiger partial charge in [0.15, 0.2) is 17.5 Å². The number of hydrogen-bond acceptors (Lipinski definition) is 6. The van der Waals surface area contributed by atoms with Crippen LogP contribution in [0.2, 0.25) is 0 Å². The number of benzene rings is 2. The monoisotopic (exact) mass is 370 g/mol. The lowest BCUT2D eigenvalue weighted by Gasteiger charge is -2.08. The summed E-state index contributed by atoms with van der Waals surface area (Å²) in [6.07, 6.45) is 0. The van der Waals surface area contributed by atoms with Crippen molar-refractivity contribution in [3.8, 4) is 17.1 Å². The predicted octanol–water partition coefficient (Wildman–Crippen LogP) is 3.23. The van der Waals surface area contributed by atoms with E-state index < -0.39 is 32.5 Å². The van der Waals surface area contributed by atoms with Gasteiger partial charge >= 0.3 is 10.1 Å². The van der Waals surface area contributed by atoms with E-state index in [1.807, 2.05) is 0 Å². The first-order valence-corrected chi connectivity index (χ1v) is 8.17. The van der Waals surface area contributed by atoms with E-state index in [2.05, 4.69) is 10.1 Å². The highest BCUT2D eigenvalue weighted by Gasteiger charge is 2.26. The highest BCUT2D eigenvalue weighted by molar-refractivity contribution is 7.87. The normalized spacial score (nSPS) is 11.5. The molecule has 0 aliphatic heterocycles. The van der Waals surface area contributed by atoms with Crippen molar-refractivity contribution in [3.63, 3.8) is 0 Å². The number of halogens is 3. The summed E-state index contributed by atoms with van der Waals surface area (Å²) in [6.45, 7) is 1.61. The molecule has 10 heteroatoms. The summed E-state index contributed by atoms with van der Waals surface area (Å²) in [6, 6.07) is 6.54. The average molecular weight is 370 g/mol. The van der Waals surface area contributed by atoms with E-state index in [9.17, 15) is 21.6 Å². The van der Waals surface area contributed by atoms with E-state index in [1.54, 1.807) is 6.92 Å². The summed E-state index contributed by atoms with van der Waals surface area (Å²) in [4.78, 5) is 2.89. The van der Waals surface area contributed by atoms with Crippen molar-refractivity contribution in [2.45, 2.75) is 11.8 Å². The molecule has 0 amide bonds. The fourth-order valence-corrected chi connectivity index (χ4v) is 2.95. The van der Waals surface area contributed by atoms with Crippen LogP contribution in [-0.2, 0) is 10.1 Å². The molecule has 0 N–H and O–H groups in total. The van der Waals surface area contributed by atoms with Crippen LogP contribution >= 0.6 is 0 Å². The van der Waals surface area contributed by atoms with Crippen LogP contribution in [-0.4, -0.2) is 18.6 Å². The van der Waals surface area contributed by atoms with Crippen LogP contribution in [0.4, 0.5) is 13.2 Å². The van der Waals surface area contributed by atoms with Gasteiger partial charge in [-0.15, -0.1) is 0 Å². The number of nitrogens with zero attached hydrogens (tertiary/aromatic N) is 2. The van der Waals surface area contributed by atoms with Gasteiger partial charge in [-0.1, -0.05) is 5.16 Å². The van der Waals surface area contributed by atoms with Crippen LogP contribution in [0.1, 0.15) is 5.89 Å². The van der Waals surface area contributed by atoms with Gasteiger partial charge in [0.05, 0.1) is 0 Å². The van der Waals surface area contributed by atoms with E-state index in [0.29, 0.717) is 29.4 Å². The minimum absolute atomic E-state index is 0.159. The zero-order chi connectivity index (χ0) is 18.2. The third kappa shape index (κ3) is 3.33. The average Bonchev–Trinajstić information content (AvgIpc) is 2.99. The van der Waals surface area contributed by atoms with Crippen molar-refractivity contribution < 1.29 is 30.3 Å².